The molecule has 1 saturated carbocycles. The van der Waals surface area contributed by atoms with E-state index in [2.05, 4.69) is 15.4 Å². The van der Waals surface area contributed by atoms with Gasteiger partial charge in [-0.3, -0.25) is 19.3 Å². The molecule has 164 valence electrons. The third-order valence-corrected chi connectivity index (χ3v) is 5.72. The molecule has 1 N–H and O–H groups in total. The molecule has 3 heterocycles. The number of carbonyl (C=O) groups is 3. The van der Waals surface area contributed by atoms with Crippen molar-refractivity contribution in [3.63, 3.8) is 0 Å². The second-order valence-corrected chi connectivity index (χ2v) is 9.02. The normalized spacial score (nSPS) is 17.0. The largest absolute Gasteiger partial charge is 0.444 e. The number of nitrogens with zero attached hydrogens (tertiary/aromatic N) is 4. The fraction of sp³-hybridized carbons (Fsp3) is 0.500. The maximum absolute atomic E-state index is 12.7. The van der Waals surface area contributed by atoms with Crippen molar-refractivity contribution in [3.05, 3.63) is 46.5 Å². The van der Waals surface area contributed by atoms with E-state index in [4.69, 9.17) is 4.74 Å². The van der Waals surface area contributed by atoms with Crippen LogP contribution in [-0.4, -0.2) is 57.1 Å². The van der Waals surface area contributed by atoms with Gasteiger partial charge in [-0.25, -0.2) is 4.79 Å². The van der Waals surface area contributed by atoms with Gasteiger partial charge in [0.25, 0.3) is 5.91 Å². The van der Waals surface area contributed by atoms with Crippen molar-refractivity contribution in [2.75, 3.05) is 13.6 Å². The van der Waals surface area contributed by atoms with Crippen LogP contribution >= 0.6 is 0 Å². The van der Waals surface area contributed by atoms with Crippen LogP contribution in [0, 0.1) is 0 Å². The maximum atomic E-state index is 12.7. The van der Waals surface area contributed by atoms with Crippen LogP contribution in [0.5, 0.6) is 0 Å². The summed E-state index contributed by atoms with van der Waals surface area (Å²) in [6, 6.07) is 3.46. The smallest absolute Gasteiger partial charge is 0.410 e. The summed E-state index contributed by atoms with van der Waals surface area (Å²) in [5.41, 5.74) is 1.85. The van der Waals surface area contributed by atoms with Crippen LogP contribution in [0.15, 0.2) is 18.3 Å². The van der Waals surface area contributed by atoms with E-state index in [0.29, 0.717) is 30.0 Å². The fourth-order valence-corrected chi connectivity index (χ4v) is 4.22. The molecular weight excluding hydrogens is 398 g/mol. The number of hydrogen-bond donors (Lipinski definition) is 1. The zero-order valence-corrected chi connectivity index (χ0v) is 18.3. The van der Waals surface area contributed by atoms with E-state index in [-0.39, 0.29) is 12.5 Å². The highest BCUT2D eigenvalue weighted by Crippen LogP contribution is 2.56. The number of carbonyl (C=O) groups excluding carboxylic acids is 3. The average Bonchev–Trinajstić information content (AvgIpc) is 3.44. The summed E-state index contributed by atoms with van der Waals surface area (Å²) < 4.78 is 7.35. The first kappa shape index (κ1) is 21.0. The maximum Gasteiger partial charge on any atom is 0.410 e. The van der Waals surface area contributed by atoms with Gasteiger partial charge in [-0.05, 0) is 45.7 Å². The summed E-state index contributed by atoms with van der Waals surface area (Å²) in [5, 5.41) is 7.25. The van der Waals surface area contributed by atoms with Gasteiger partial charge in [-0.15, -0.1) is 0 Å². The van der Waals surface area contributed by atoms with Crippen molar-refractivity contribution in [3.8, 4) is 0 Å². The number of rotatable bonds is 4. The number of hydrogen-bond acceptors (Lipinski definition) is 6. The van der Waals surface area contributed by atoms with Crippen LogP contribution in [0.2, 0.25) is 0 Å². The third kappa shape index (κ3) is 3.68. The number of ether oxygens (including phenoxy) is 1. The second kappa shape index (κ2) is 7.47. The van der Waals surface area contributed by atoms with Gasteiger partial charge in [0.15, 0.2) is 12.0 Å². The first-order valence-electron chi connectivity index (χ1n) is 10.4. The summed E-state index contributed by atoms with van der Waals surface area (Å²) in [5.74, 6) is -0.296. The predicted molar refractivity (Wildman–Crippen MR) is 112 cm³/mol. The Hall–Kier alpha value is -3.23. The van der Waals surface area contributed by atoms with Gasteiger partial charge in [0, 0.05) is 36.3 Å². The lowest BCUT2D eigenvalue weighted by atomic mass is 9.86. The minimum atomic E-state index is -0.602. The van der Waals surface area contributed by atoms with Gasteiger partial charge >= 0.3 is 6.09 Å². The molecule has 0 atom stereocenters. The van der Waals surface area contributed by atoms with Crippen LogP contribution in [0.4, 0.5) is 4.79 Å². The molecule has 0 unspecified atom stereocenters. The Balaban J connectivity index is 1.80. The molecule has 0 saturated heterocycles. The summed E-state index contributed by atoms with van der Waals surface area (Å²) in [4.78, 5) is 43.3. The Bertz CT molecular complexity index is 1050. The molecule has 2 aromatic rings. The number of fused-ring (bicyclic) bond motifs is 1. The molecule has 2 aliphatic rings. The van der Waals surface area contributed by atoms with E-state index < -0.39 is 17.1 Å². The Morgan fingerprint density at radius 3 is 2.61 bits per heavy atom. The van der Waals surface area contributed by atoms with Crippen molar-refractivity contribution < 1.29 is 19.1 Å². The van der Waals surface area contributed by atoms with E-state index in [1.165, 1.54) is 0 Å². The van der Waals surface area contributed by atoms with Crippen LogP contribution in [0.3, 0.4) is 0 Å². The standard InChI is InChI=1S/C22H27N5O4/c1-21(2,3)31-20(30)26-10-11-27-15(12-26)16(17(25-27)19(29)23-4)22(7-8-22)18-14(13-28)6-5-9-24-18/h5-6,9,13H,7-8,10-12H2,1-4H3,(H,23,29). The minimum Gasteiger partial charge on any atom is -0.444 e. The van der Waals surface area contributed by atoms with Gasteiger partial charge in [-0.2, -0.15) is 5.10 Å². The van der Waals surface area contributed by atoms with Crippen molar-refractivity contribution in [2.24, 2.45) is 0 Å². The Morgan fingerprint density at radius 2 is 2.00 bits per heavy atom. The van der Waals surface area contributed by atoms with E-state index in [0.717, 1.165) is 30.4 Å². The lowest BCUT2D eigenvalue weighted by Crippen LogP contribution is -2.42. The second-order valence-electron chi connectivity index (χ2n) is 9.02. The molecule has 1 aliphatic heterocycles. The van der Waals surface area contributed by atoms with Gasteiger partial charge in [0.05, 0.1) is 24.5 Å². The number of nitrogens with one attached hydrogen (secondary N) is 1. The lowest BCUT2D eigenvalue weighted by Gasteiger charge is -2.31. The topological polar surface area (TPSA) is 106 Å². The summed E-state index contributed by atoms with van der Waals surface area (Å²) in [7, 11) is 1.56. The average molecular weight is 425 g/mol. The van der Waals surface area contributed by atoms with Crippen molar-refractivity contribution in [1.29, 1.82) is 0 Å². The van der Waals surface area contributed by atoms with Crippen LogP contribution in [0.25, 0.3) is 0 Å². The number of aldehydes is 1. The molecule has 1 fully saturated rings. The highest BCUT2D eigenvalue weighted by molar-refractivity contribution is 5.95. The van der Waals surface area contributed by atoms with Crippen LogP contribution in [0.1, 0.15) is 71.4 Å². The molecule has 31 heavy (non-hydrogen) atoms. The summed E-state index contributed by atoms with van der Waals surface area (Å²) in [6.45, 7) is 6.66. The fourth-order valence-electron chi connectivity index (χ4n) is 4.22. The Morgan fingerprint density at radius 1 is 1.26 bits per heavy atom. The van der Waals surface area contributed by atoms with Crippen molar-refractivity contribution in [2.45, 2.75) is 57.7 Å². The lowest BCUT2D eigenvalue weighted by molar-refractivity contribution is 0.0193. The number of aromatic nitrogens is 3. The first-order valence-corrected chi connectivity index (χ1v) is 10.4. The SMILES string of the molecule is CNC(=O)c1nn2c(c1C1(c3ncccc3C=O)CC1)CN(C(=O)OC(C)(C)C)CC2. The van der Waals surface area contributed by atoms with E-state index >= 15 is 0 Å². The number of pyridine rings is 1. The molecule has 9 heteroatoms. The minimum absolute atomic E-state index is 0.277. The van der Waals surface area contributed by atoms with E-state index in [1.54, 1.807) is 35.0 Å². The molecule has 1 aliphatic carbocycles. The zero-order valence-electron chi connectivity index (χ0n) is 18.3. The quantitative estimate of drug-likeness (QED) is 0.754. The highest BCUT2D eigenvalue weighted by Gasteiger charge is 2.53. The Labute approximate surface area is 180 Å². The molecule has 9 nitrogen and oxygen atoms in total. The molecule has 0 radical (unpaired) electrons. The molecule has 2 amide bonds. The molecule has 0 bridgehead atoms. The van der Waals surface area contributed by atoms with Crippen molar-refractivity contribution in [1.82, 2.24) is 25.0 Å². The highest BCUT2D eigenvalue weighted by atomic mass is 16.6. The van der Waals surface area contributed by atoms with Gasteiger partial charge < -0.3 is 15.0 Å². The summed E-state index contributed by atoms with van der Waals surface area (Å²) in [6.07, 6.45) is 3.55. The zero-order chi connectivity index (χ0) is 22.4. The van der Waals surface area contributed by atoms with Gasteiger partial charge in [0.1, 0.15) is 5.60 Å². The van der Waals surface area contributed by atoms with Crippen molar-refractivity contribution >= 4 is 18.3 Å². The predicted octanol–water partition coefficient (Wildman–Crippen LogP) is 2.28. The van der Waals surface area contributed by atoms with Gasteiger partial charge in [-0.1, -0.05) is 0 Å². The monoisotopic (exact) mass is 425 g/mol. The Kier molecular flexibility index (Phi) is 5.07. The third-order valence-electron chi connectivity index (χ3n) is 5.72. The molecular formula is C22H27N5O4. The number of amides is 2. The molecule has 4 rings (SSSR count). The summed E-state index contributed by atoms with van der Waals surface area (Å²) >= 11 is 0. The molecule has 0 aromatic carbocycles. The van der Waals surface area contributed by atoms with Crippen LogP contribution < -0.4 is 5.32 Å². The van der Waals surface area contributed by atoms with E-state index in [9.17, 15) is 14.4 Å². The molecule has 0 spiro atoms. The first-order chi connectivity index (χ1) is 14.7. The van der Waals surface area contributed by atoms with E-state index in [1.807, 2.05) is 20.8 Å². The molecule has 2 aromatic heterocycles. The van der Waals surface area contributed by atoms with Gasteiger partial charge in [0.2, 0.25) is 0 Å². The van der Waals surface area contributed by atoms with Crippen LogP contribution in [-0.2, 0) is 23.2 Å².